The lowest BCUT2D eigenvalue weighted by molar-refractivity contribution is -0.116. The Hall–Kier alpha value is -1.71. The molecule has 1 aromatic rings. The highest BCUT2D eigenvalue weighted by Crippen LogP contribution is 2.37. The maximum Gasteiger partial charge on any atom is 0.142 e. The van der Waals surface area contributed by atoms with E-state index in [1.165, 1.54) is 12.8 Å². The Morgan fingerprint density at radius 2 is 1.79 bits per heavy atom. The molecule has 1 heterocycles. The molecule has 0 unspecified atom stereocenters. The van der Waals surface area contributed by atoms with Crippen LogP contribution in [0.4, 0.5) is 5.69 Å². The summed E-state index contributed by atoms with van der Waals surface area (Å²) in [6.07, 6.45) is 2.79. The molecule has 4 nitrogen and oxygen atoms in total. The van der Waals surface area contributed by atoms with Crippen molar-refractivity contribution in [2.45, 2.75) is 26.2 Å². The SMILES string of the molecule is COc1cc(N2CCCC2)c(OC)cc1CC(C)=O. The largest absolute Gasteiger partial charge is 0.496 e. The first-order valence-corrected chi connectivity index (χ1v) is 6.65. The van der Waals surface area contributed by atoms with Crippen LogP contribution in [0.2, 0.25) is 0 Å². The molecule has 0 aliphatic carbocycles. The van der Waals surface area contributed by atoms with E-state index >= 15 is 0 Å². The van der Waals surface area contributed by atoms with Gasteiger partial charge in [-0.1, -0.05) is 0 Å². The second-order valence-corrected chi connectivity index (χ2v) is 4.91. The molecule has 0 saturated carbocycles. The van der Waals surface area contributed by atoms with Crippen LogP contribution in [0, 0.1) is 0 Å². The van der Waals surface area contributed by atoms with Crippen LogP contribution >= 0.6 is 0 Å². The lowest BCUT2D eigenvalue weighted by Gasteiger charge is -2.22. The Morgan fingerprint density at radius 1 is 1.16 bits per heavy atom. The van der Waals surface area contributed by atoms with E-state index < -0.39 is 0 Å². The molecule has 0 amide bonds. The zero-order valence-corrected chi connectivity index (χ0v) is 11.9. The summed E-state index contributed by atoms with van der Waals surface area (Å²) in [5, 5.41) is 0. The summed E-state index contributed by atoms with van der Waals surface area (Å²) in [6.45, 7) is 3.68. The maximum atomic E-state index is 11.3. The van der Waals surface area contributed by atoms with Crippen molar-refractivity contribution in [3.05, 3.63) is 17.7 Å². The van der Waals surface area contributed by atoms with Gasteiger partial charge in [-0.15, -0.1) is 0 Å². The van der Waals surface area contributed by atoms with Crippen molar-refractivity contribution in [3.63, 3.8) is 0 Å². The summed E-state index contributed by atoms with van der Waals surface area (Å²) in [7, 11) is 3.30. The van der Waals surface area contributed by atoms with Crippen molar-refractivity contribution in [2.24, 2.45) is 0 Å². The molecule has 0 N–H and O–H groups in total. The van der Waals surface area contributed by atoms with E-state index in [-0.39, 0.29) is 5.78 Å². The van der Waals surface area contributed by atoms with Gasteiger partial charge in [-0.25, -0.2) is 0 Å². The minimum absolute atomic E-state index is 0.120. The number of anilines is 1. The Labute approximate surface area is 114 Å². The number of carbonyl (C=O) groups is 1. The van der Waals surface area contributed by atoms with Crippen LogP contribution in [0.15, 0.2) is 12.1 Å². The van der Waals surface area contributed by atoms with Crippen LogP contribution in [0.3, 0.4) is 0 Å². The van der Waals surface area contributed by atoms with Crippen LogP contribution in [0.25, 0.3) is 0 Å². The summed E-state index contributed by atoms with van der Waals surface area (Å²) in [5.41, 5.74) is 1.94. The standard InChI is InChI=1S/C15H21NO3/c1-11(17)8-12-9-15(19-3)13(10-14(12)18-2)16-6-4-5-7-16/h9-10H,4-8H2,1-3H3. The van der Waals surface area contributed by atoms with Crippen molar-refractivity contribution in [1.29, 1.82) is 0 Å². The minimum Gasteiger partial charge on any atom is -0.496 e. The molecule has 2 rings (SSSR count). The topological polar surface area (TPSA) is 38.8 Å². The maximum absolute atomic E-state index is 11.3. The number of rotatable bonds is 5. The van der Waals surface area contributed by atoms with E-state index in [1.54, 1.807) is 21.1 Å². The third-order valence-electron chi connectivity index (χ3n) is 3.47. The number of Topliss-reactive ketones (excluding diaryl/α,β-unsaturated/α-hetero) is 1. The molecule has 0 radical (unpaired) electrons. The monoisotopic (exact) mass is 263 g/mol. The number of carbonyl (C=O) groups excluding carboxylic acids is 1. The number of hydrogen-bond donors (Lipinski definition) is 0. The lowest BCUT2D eigenvalue weighted by atomic mass is 10.1. The third kappa shape index (κ3) is 3.00. The van der Waals surface area contributed by atoms with Crippen molar-refractivity contribution in [2.75, 3.05) is 32.2 Å². The summed E-state index contributed by atoms with van der Waals surface area (Å²) in [6, 6.07) is 3.91. The molecule has 0 aromatic heterocycles. The number of methoxy groups -OCH3 is 2. The van der Waals surface area contributed by atoms with Crippen LogP contribution < -0.4 is 14.4 Å². The first-order chi connectivity index (χ1) is 9.15. The van der Waals surface area contributed by atoms with Gasteiger partial charge in [0.25, 0.3) is 0 Å². The quantitative estimate of drug-likeness (QED) is 0.818. The highest BCUT2D eigenvalue weighted by atomic mass is 16.5. The van der Waals surface area contributed by atoms with Gasteiger partial charge in [0.2, 0.25) is 0 Å². The van der Waals surface area contributed by atoms with Crippen molar-refractivity contribution < 1.29 is 14.3 Å². The summed E-state index contributed by atoms with van der Waals surface area (Å²) >= 11 is 0. The molecule has 104 valence electrons. The predicted octanol–water partition coefficient (Wildman–Crippen LogP) is 2.44. The van der Waals surface area contributed by atoms with Crippen LogP contribution in [0.5, 0.6) is 11.5 Å². The molecule has 1 aliphatic heterocycles. The van der Waals surface area contributed by atoms with Gasteiger partial charge < -0.3 is 14.4 Å². The van der Waals surface area contributed by atoms with Crippen LogP contribution in [-0.4, -0.2) is 33.1 Å². The zero-order valence-electron chi connectivity index (χ0n) is 11.9. The molecule has 19 heavy (non-hydrogen) atoms. The van der Waals surface area contributed by atoms with E-state index in [0.29, 0.717) is 6.42 Å². The van der Waals surface area contributed by atoms with Gasteiger partial charge in [0.15, 0.2) is 0 Å². The fourth-order valence-electron chi connectivity index (χ4n) is 2.56. The first kappa shape index (κ1) is 13.7. The second kappa shape index (κ2) is 5.95. The van der Waals surface area contributed by atoms with E-state index in [1.807, 2.05) is 12.1 Å². The van der Waals surface area contributed by atoms with Crippen molar-refractivity contribution in [1.82, 2.24) is 0 Å². The molecular formula is C15H21NO3. The number of ether oxygens (including phenoxy) is 2. The Kier molecular flexibility index (Phi) is 4.30. The van der Waals surface area contributed by atoms with E-state index in [4.69, 9.17) is 9.47 Å². The van der Waals surface area contributed by atoms with E-state index in [2.05, 4.69) is 4.90 Å². The van der Waals surface area contributed by atoms with Gasteiger partial charge in [0.1, 0.15) is 17.3 Å². The molecule has 1 aliphatic rings. The third-order valence-corrected chi connectivity index (χ3v) is 3.47. The number of ketones is 1. The van der Waals surface area contributed by atoms with E-state index in [0.717, 1.165) is 35.8 Å². The van der Waals surface area contributed by atoms with Gasteiger partial charge in [-0.05, 0) is 25.8 Å². The fourth-order valence-corrected chi connectivity index (χ4v) is 2.56. The van der Waals surface area contributed by atoms with Gasteiger partial charge in [-0.3, -0.25) is 4.79 Å². The number of hydrogen-bond acceptors (Lipinski definition) is 4. The Bertz CT molecular complexity index is 465. The normalized spacial score (nSPS) is 14.6. The van der Waals surface area contributed by atoms with Crippen molar-refractivity contribution >= 4 is 11.5 Å². The summed E-state index contributed by atoms with van der Waals surface area (Å²) in [4.78, 5) is 13.6. The van der Waals surface area contributed by atoms with Crippen LogP contribution in [-0.2, 0) is 11.2 Å². The number of nitrogens with zero attached hydrogens (tertiary/aromatic N) is 1. The number of benzene rings is 1. The molecule has 0 atom stereocenters. The second-order valence-electron chi connectivity index (χ2n) is 4.91. The highest BCUT2D eigenvalue weighted by Gasteiger charge is 2.19. The molecule has 0 bridgehead atoms. The zero-order chi connectivity index (χ0) is 13.8. The average Bonchev–Trinajstić information content (AvgIpc) is 2.91. The van der Waals surface area contributed by atoms with Gasteiger partial charge in [-0.2, -0.15) is 0 Å². The summed E-state index contributed by atoms with van der Waals surface area (Å²) < 4.78 is 10.9. The summed E-state index contributed by atoms with van der Waals surface area (Å²) in [5.74, 6) is 1.70. The molecule has 1 fully saturated rings. The Balaban J connectivity index is 2.40. The van der Waals surface area contributed by atoms with Gasteiger partial charge in [0.05, 0.1) is 19.9 Å². The smallest absolute Gasteiger partial charge is 0.142 e. The molecule has 1 aromatic carbocycles. The van der Waals surface area contributed by atoms with Gasteiger partial charge in [0, 0.05) is 31.1 Å². The molecule has 0 spiro atoms. The predicted molar refractivity (Wildman–Crippen MR) is 75.4 cm³/mol. The Morgan fingerprint density at radius 3 is 2.32 bits per heavy atom. The highest BCUT2D eigenvalue weighted by molar-refractivity contribution is 5.80. The molecule has 1 saturated heterocycles. The first-order valence-electron chi connectivity index (χ1n) is 6.65. The van der Waals surface area contributed by atoms with Gasteiger partial charge >= 0.3 is 0 Å². The lowest BCUT2D eigenvalue weighted by Crippen LogP contribution is -2.18. The van der Waals surface area contributed by atoms with Crippen LogP contribution in [0.1, 0.15) is 25.3 Å². The van der Waals surface area contributed by atoms with E-state index in [9.17, 15) is 4.79 Å². The average molecular weight is 263 g/mol. The van der Waals surface area contributed by atoms with Crippen molar-refractivity contribution in [3.8, 4) is 11.5 Å². The minimum atomic E-state index is 0.120. The fraction of sp³-hybridized carbons (Fsp3) is 0.533. The molecule has 4 heteroatoms. The molecular weight excluding hydrogens is 242 g/mol.